The minimum Gasteiger partial charge on any atom is -0.494 e. The summed E-state index contributed by atoms with van der Waals surface area (Å²) in [6.45, 7) is 7.53. The minimum atomic E-state index is -0.0622. The third kappa shape index (κ3) is 4.04. The highest BCUT2D eigenvalue weighted by Crippen LogP contribution is 2.18. The number of hydrogen-bond acceptors (Lipinski definition) is 4. The summed E-state index contributed by atoms with van der Waals surface area (Å²) in [5, 5.41) is 17.4. The predicted molar refractivity (Wildman–Crippen MR) is 81.3 cm³/mol. The van der Waals surface area contributed by atoms with E-state index in [9.17, 15) is 5.11 Å². The van der Waals surface area contributed by atoms with Crippen molar-refractivity contribution in [1.29, 1.82) is 0 Å². The van der Waals surface area contributed by atoms with Crippen LogP contribution in [0.4, 0.5) is 0 Å². The van der Waals surface area contributed by atoms with E-state index in [2.05, 4.69) is 24.2 Å². The number of hydrogen-bond donors (Lipinski definition) is 1. The summed E-state index contributed by atoms with van der Waals surface area (Å²) in [5.41, 5.74) is 2.87. The van der Waals surface area contributed by atoms with Gasteiger partial charge in [-0.05, 0) is 30.5 Å². The Morgan fingerprint density at radius 2 is 2.14 bits per heavy atom. The lowest BCUT2D eigenvalue weighted by Crippen LogP contribution is -2.10. The number of aromatic nitrogens is 3. The highest BCUT2D eigenvalue weighted by molar-refractivity contribution is 5.27. The van der Waals surface area contributed by atoms with Crippen LogP contribution < -0.4 is 4.74 Å². The van der Waals surface area contributed by atoms with Gasteiger partial charge in [0.05, 0.1) is 18.9 Å². The van der Waals surface area contributed by atoms with Crippen LogP contribution in [0.1, 0.15) is 43.1 Å². The fourth-order valence-electron chi connectivity index (χ4n) is 2.37. The molecule has 1 aromatic heterocycles. The third-order valence-electron chi connectivity index (χ3n) is 3.32. The largest absolute Gasteiger partial charge is 0.494 e. The maximum absolute atomic E-state index is 9.29. The lowest BCUT2D eigenvalue weighted by Gasteiger charge is -2.11. The average Bonchev–Trinajstić information content (AvgIpc) is 2.87. The Kier molecular flexibility index (Phi) is 5.33. The summed E-state index contributed by atoms with van der Waals surface area (Å²) in [4.78, 5) is 0. The van der Waals surface area contributed by atoms with E-state index in [0.29, 0.717) is 18.2 Å². The van der Waals surface area contributed by atoms with Gasteiger partial charge in [-0.2, -0.15) is 0 Å². The Labute approximate surface area is 125 Å². The van der Waals surface area contributed by atoms with Crippen molar-refractivity contribution in [2.24, 2.45) is 0 Å². The SMILES string of the molecule is Cc1cccc(OCCCn2nnc(CO)c2C(C)C)c1. The Bertz CT molecular complexity index is 579. The molecule has 0 saturated carbocycles. The molecule has 0 unspecified atom stereocenters. The first kappa shape index (κ1) is 15.5. The van der Waals surface area contributed by atoms with Gasteiger partial charge in [-0.15, -0.1) is 5.10 Å². The smallest absolute Gasteiger partial charge is 0.119 e. The van der Waals surface area contributed by atoms with Gasteiger partial charge < -0.3 is 9.84 Å². The van der Waals surface area contributed by atoms with Gasteiger partial charge in [0.1, 0.15) is 11.4 Å². The fourth-order valence-corrected chi connectivity index (χ4v) is 2.37. The number of aliphatic hydroxyl groups excluding tert-OH is 1. The molecule has 1 heterocycles. The molecule has 5 heteroatoms. The van der Waals surface area contributed by atoms with Crippen LogP contribution in [0.2, 0.25) is 0 Å². The van der Waals surface area contributed by atoms with E-state index < -0.39 is 0 Å². The number of aryl methyl sites for hydroxylation is 2. The molecule has 0 aliphatic heterocycles. The zero-order chi connectivity index (χ0) is 15.2. The maximum atomic E-state index is 9.29. The van der Waals surface area contributed by atoms with E-state index in [1.165, 1.54) is 5.56 Å². The first-order valence-electron chi connectivity index (χ1n) is 7.34. The number of aliphatic hydroxyl groups is 1. The molecule has 5 nitrogen and oxygen atoms in total. The molecule has 0 bridgehead atoms. The molecule has 1 N–H and O–H groups in total. The monoisotopic (exact) mass is 289 g/mol. The first-order valence-corrected chi connectivity index (χ1v) is 7.34. The maximum Gasteiger partial charge on any atom is 0.119 e. The Hall–Kier alpha value is -1.88. The molecule has 114 valence electrons. The fraction of sp³-hybridized carbons (Fsp3) is 0.500. The van der Waals surface area contributed by atoms with Gasteiger partial charge in [0, 0.05) is 13.0 Å². The van der Waals surface area contributed by atoms with E-state index in [1.807, 2.05) is 35.9 Å². The quantitative estimate of drug-likeness (QED) is 0.796. The van der Waals surface area contributed by atoms with Crippen molar-refractivity contribution in [1.82, 2.24) is 15.0 Å². The highest BCUT2D eigenvalue weighted by atomic mass is 16.5. The van der Waals surface area contributed by atoms with Gasteiger partial charge in [0.25, 0.3) is 0 Å². The number of rotatable bonds is 7. The molecular weight excluding hydrogens is 266 g/mol. The predicted octanol–water partition coefficient (Wildman–Crippen LogP) is 2.67. The average molecular weight is 289 g/mol. The lowest BCUT2D eigenvalue weighted by atomic mass is 10.1. The molecule has 0 atom stereocenters. The second kappa shape index (κ2) is 7.22. The summed E-state index contributed by atoms with van der Waals surface area (Å²) >= 11 is 0. The minimum absolute atomic E-state index is 0.0622. The molecule has 0 aliphatic rings. The van der Waals surface area contributed by atoms with Crippen LogP contribution in [-0.4, -0.2) is 26.7 Å². The van der Waals surface area contributed by atoms with Crippen LogP contribution in [0.25, 0.3) is 0 Å². The van der Waals surface area contributed by atoms with E-state index in [-0.39, 0.29) is 6.61 Å². The topological polar surface area (TPSA) is 60.2 Å². The summed E-state index contributed by atoms with van der Waals surface area (Å²) < 4.78 is 7.60. The van der Waals surface area contributed by atoms with E-state index in [4.69, 9.17) is 4.74 Å². The van der Waals surface area contributed by atoms with Gasteiger partial charge in [-0.1, -0.05) is 31.2 Å². The van der Waals surface area contributed by atoms with Crippen molar-refractivity contribution in [3.63, 3.8) is 0 Å². The van der Waals surface area contributed by atoms with Crippen LogP contribution in [-0.2, 0) is 13.2 Å². The first-order chi connectivity index (χ1) is 10.1. The molecule has 2 aromatic rings. The zero-order valence-corrected chi connectivity index (χ0v) is 12.9. The lowest BCUT2D eigenvalue weighted by molar-refractivity contribution is 0.274. The summed E-state index contributed by atoms with van der Waals surface area (Å²) in [7, 11) is 0. The Balaban J connectivity index is 1.88. The third-order valence-corrected chi connectivity index (χ3v) is 3.32. The molecule has 0 radical (unpaired) electrons. The Morgan fingerprint density at radius 3 is 2.81 bits per heavy atom. The normalized spacial score (nSPS) is 11.1. The van der Waals surface area contributed by atoms with Crippen LogP contribution in [0.5, 0.6) is 5.75 Å². The van der Waals surface area contributed by atoms with Gasteiger partial charge in [0.15, 0.2) is 0 Å². The molecule has 0 fully saturated rings. The summed E-state index contributed by atoms with van der Waals surface area (Å²) in [5.74, 6) is 1.19. The van der Waals surface area contributed by atoms with Crippen LogP contribution in [0, 0.1) is 6.92 Å². The van der Waals surface area contributed by atoms with Crippen molar-refractivity contribution >= 4 is 0 Å². The van der Waals surface area contributed by atoms with Crippen LogP contribution in [0.15, 0.2) is 24.3 Å². The molecule has 1 aromatic carbocycles. The van der Waals surface area contributed by atoms with Crippen molar-refractivity contribution in [2.75, 3.05) is 6.61 Å². The van der Waals surface area contributed by atoms with Gasteiger partial charge in [-0.3, -0.25) is 0 Å². The summed E-state index contributed by atoms with van der Waals surface area (Å²) in [6, 6.07) is 8.03. The molecular formula is C16H23N3O2. The molecule has 2 rings (SSSR count). The zero-order valence-electron chi connectivity index (χ0n) is 12.9. The second-order valence-corrected chi connectivity index (χ2v) is 5.48. The molecule has 0 saturated heterocycles. The number of benzene rings is 1. The number of ether oxygens (including phenoxy) is 1. The molecule has 0 aliphatic carbocycles. The van der Waals surface area contributed by atoms with Crippen molar-refractivity contribution in [2.45, 2.75) is 46.3 Å². The van der Waals surface area contributed by atoms with Crippen LogP contribution >= 0.6 is 0 Å². The van der Waals surface area contributed by atoms with Crippen molar-refractivity contribution in [3.05, 3.63) is 41.2 Å². The second-order valence-electron chi connectivity index (χ2n) is 5.48. The van der Waals surface area contributed by atoms with E-state index in [1.54, 1.807) is 0 Å². The number of nitrogens with zero attached hydrogens (tertiary/aromatic N) is 3. The molecule has 21 heavy (non-hydrogen) atoms. The Morgan fingerprint density at radius 1 is 1.33 bits per heavy atom. The summed E-state index contributed by atoms with van der Waals surface area (Å²) in [6.07, 6.45) is 0.849. The van der Waals surface area contributed by atoms with E-state index >= 15 is 0 Å². The molecule has 0 spiro atoms. The van der Waals surface area contributed by atoms with Gasteiger partial charge in [-0.25, -0.2) is 4.68 Å². The van der Waals surface area contributed by atoms with Crippen molar-refractivity contribution < 1.29 is 9.84 Å². The standard InChI is InChI=1S/C16H23N3O2/c1-12(2)16-15(11-20)17-18-19(16)8-5-9-21-14-7-4-6-13(3)10-14/h4,6-7,10,12,20H,5,8-9,11H2,1-3H3. The van der Waals surface area contributed by atoms with E-state index in [0.717, 1.165) is 24.4 Å². The van der Waals surface area contributed by atoms with Crippen molar-refractivity contribution in [3.8, 4) is 5.75 Å². The highest BCUT2D eigenvalue weighted by Gasteiger charge is 2.14. The van der Waals surface area contributed by atoms with Gasteiger partial charge in [0.2, 0.25) is 0 Å². The van der Waals surface area contributed by atoms with Gasteiger partial charge >= 0.3 is 0 Å². The molecule has 0 amide bonds. The van der Waals surface area contributed by atoms with Crippen LogP contribution in [0.3, 0.4) is 0 Å².